The van der Waals surface area contributed by atoms with E-state index in [2.05, 4.69) is 62.7 Å². The number of piperidine rings is 1. The molecule has 0 atom stereocenters. The van der Waals surface area contributed by atoms with Gasteiger partial charge in [-0.25, -0.2) is 4.98 Å². The second kappa shape index (κ2) is 12.0. The number of rotatable bonds is 8. The minimum atomic E-state index is -0.633. The largest absolute Gasteiger partial charge is 0.507 e. The van der Waals surface area contributed by atoms with Crippen LogP contribution in [0.25, 0.3) is 11.0 Å². The number of nitrogens with zero attached hydrogens (tertiary/aromatic N) is 5. The first kappa shape index (κ1) is 27.4. The van der Waals surface area contributed by atoms with E-state index in [1.807, 2.05) is 18.5 Å². The maximum absolute atomic E-state index is 11.4. The minimum absolute atomic E-state index is 0.0914. The first-order chi connectivity index (χ1) is 19.9. The zero-order chi connectivity index (χ0) is 28.3. The monoisotopic (exact) mass is 552 g/mol. The molecule has 8 nitrogen and oxygen atoms in total. The Labute approximate surface area is 242 Å². The second-order valence-electron chi connectivity index (χ2n) is 11.8. The molecule has 4 aromatic rings. The highest BCUT2D eigenvalue weighted by Crippen LogP contribution is 2.30. The molecule has 2 saturated heterocycles. The van der Waals surface area contributed by atoms with Gasteiger partial charge in [-0.05, 0) is 85.4 Å². The van der Waals surface area contributed by atoms with Crippen LogP contribution in [0, 0.1) is 0 Å². The van der Waals surface area contributed by atoms with Gasteiger partial charge < -0.3 is 20.3 Å². The van der Waals surface area contributed by atoms with Gasteiger partial charge in [0, 0.05) is 63.6 Å². The van der Waals surface area contributed by atoms with E-state index in [0.717, 1.165) is 81.8 Å². The molecule has 4 heterocycles. The fraction of sp³-hybridized carbons (Fsp3) is 0.394. The Hall–Kier alpha value is -3.72. The number of aromatic nitrogens is 2. The smallest absolute Gasteiger partial charge is 0.252 e. The quantitative estimate of drug-likeness (QED) is 0.343. The number of likely N-dealkylation sites (tertiary alicyclic amines) is 1. The molecule has 6 rings (SSSR count). The van der Waals surface area contributed by atoms with Crippen molar-refractivity contribution in [3.63, 3.8) is 0 Å². The van der Waals surface area contributed by atoms with Crippen molar-refractivity contribution >= 4 is 16.9 Å². The summed E-state index contributed by atoms with van der Waals surface area (Å²) in [5.74, 6) is -0.201. The Kier molecular flexibility index (Phi) is 8.05. The van der Waals surface area contributed by atoms with Gasteiger partial charge in [0.15, 0.2) is 0 Å². The maximum atomic E-state index is 11.4. The predicted molar refractivity (Wildman–Crippen MR) is 162 cm³/mol. The molecular weight excluding hydrogens is 512 g/mol. The van der Waals surface area contributed by atoms with Crippen LogP contribution in [0.3, 0.4) is 0 Å². The number of hydrogen-bond donors (Lipinski definition) is 2. The van der Waals surface area contributed by atoms with E-state index in [0.29, 0.717) is 12.5 Å². The first-order valence-electron chi connectivity index (χ1n) is 14.7. The van der Waals surface area contributed by atoms with Crippen LogP contribution in [0.4, 0.5) is 0 Å². The number of fused-ring (bicyclic) bond motifs is 1. The number of primary amides is 1. The van der Waals surface area contributed by atoms with Gasteiger partial charge in [-0.15, -0.1) is 0 Å². The van der Waals surface area contributed by atoms with Crippen molar-refractivity contribution in [3.8, 4) is 5.75 Å². The molecule has 1 amide bonds. The second-order valence-corrected chi connectivity index (χ2v) is 11.8. The number of hydrogen-bond acceptors (Lipinski definition) is 6. The maximum Gasteiger partial charge on any atom is 0.252 e. The zero-order valence-electron chi connectivity index (χ0n) is 23.9. The molecule has 0 radical (unpaired) electrons. The van der Waals surface area contributed by atoms with Gasteiger partial charge >= 0.3 is 0 Å². The molecule has 2 aliphatic heterocycles. The van der Waals surface area contributed by atoms with E-state index in [9.17, 15) is 9.90 Å². The molecule has 8 heteroatoms. The third-order valence-electron chi connectivity index (χ3n) is 8.79. The van der Waals surface area contributed by atoms with Crippen LogP contribution >= 0.6 is 0 Å². The van der Waals surface area contributed by atoms with E-state index in [1.54, 1.807) is 12.1 Å². The third kappa shape index (κ3) is 6.45. The SMILES string of the molecule is CN1CCN(Cc2ccc(CN3CCC(c4cnc5c(ccn5Cc5ccc(C(N)=O)c(O)c5)c4)CC3)cc2)CC1. The molecule has 2 aliphatic rings. The summed E-state index contributed by atoms with van der Waals surface area (Å²) in [4.78, 5) is 23.8. The van der Waals surface area contributed by atoms with Crippen molar-refractivity contribution in [1.82, 2.24) is 24.3 Å². The van der Waals surface area contributed by atoms with Crippen LogP contribution < -0.4 is 5.73 Å². The number of aromatic hydroxyl groups is 1. The molecule has 0 aliphatic carbocycles. The zero-order valence-corrected chi connectivity index (χ0v) is 23.9. The van der Waals surface area contributed by atoms with Crippen LogP contribution in [-0.2, 0) is 19.6 Å². The van der Waals surface area contributed by atoms with E-state index in [-0.39, 0.29) is 11.3 Å². The van der Waals surface area contributed by atoms with Crippen LogP contribution in [0.5, 0.6) is 5.75 Å². The molecule has 2 fully saturated rings. The van der Waals surface area contributed by atoms with Gasteiger partial charge in [0.25, 0.3) is 5.91 Å². The molecule has 41 heavy (non-hydrogen) atoms. The summed E-state index contributed by atoms with van der Waals surface area (Å²) < 4.78 is 2.07. The lowest BCUT2D eigenvalue weighted by Crippen LogP contribution is -2.43. The van der Waals surface area contributed by atoms with Crippen LogP contribution in [0.15, 0.2) is 67.0 Å². The summed E-state index contributed by atoms with van der Waals surface area (Å²) in [5, 5.41) is 11.3. The van der Waals surface area contributed by atoms with Crippen molar-refractivity contribution in [1.29, 1.82) is 0 Å². The van der Waals surface area contributed by atoms with Gasteiger partial charge in [0.1, 0.15) is 11.4 Å². The molecular formula is C33H40N6O2. The number of amides is 1. The minimum Gasteiger partial charge on any atom is -0.507 e. The molecule has 3 N–H and O–H groups in total. The number of carbonyl (C=O) groups excluding carboxylic acids is 1. The van der Waals surface area contributed by atoms with Crippen molar-refractivity contribution in [2.45, 2.75) is 38.4 Å². The standard InChI is InChI=1S/C33H40N6O2/c1-36-14-16-38(17-15-36)22-25-4-2-24(3-5-25)21-37-11-8-27(9-12-37)29-19-28-10-13-39(33(28)35-20-29)23-26-6-7-30(32(34)41)31(40)18-26/h2-7,10,13,18-20,27,40H,8-9,11-12,14-17,21-23H2,1H3,(H2,34,41). The van der Waals surface area contributed by atoms with Crippen LogP contribution in [0.1, 0.15) is 51.4 Å². The van der Waals surface area contributed by atoms with E-state index < -0.39 is 5.91 Å². The number of benzene rings is 2. The molecule has 0 saturated carbocycles. The molecule has 214 valence electrons. The number of phenols is 1. The van der Waals surface area contributed by atoms with Crippen LogP contribution in [-0.4, -0.2) is 81.6 Å². The molecule has 2 aromatic heterocycles. The highest BCUT2D eigenvalue weighted by Gasteiger charge is 2.22. The average molecular weight is 553 g/mol. The summed E-state index contributed by atoms with van der Waals surface area (Å²) in [6.07, 6.45) is 6.34. The Morgan fingerprint density at radius 1 is 0.854 bits per heavy atom. The fourth-order valence-corrected chi connectivity index (χ4v) is 6.22. The number of pyridine rings is 1. The van der Waals surface area contributed by atoms with E-state index in [1.165, 1.54) is 16.7 Å². The first-order valence-corrected chi connectivity index (χ1v) is 14.7. The summed E-state index contributed by atoms with van der Waals surface area (Å²) in [5.41, 5.74) is 11.4. The number of piperazine rings is 1. The lowest BCUT2D eigenvalue weighted by atomic mass is 9.90. The Morgan fingerprint density at radius 3 is 2.12 bits per heavy atom. The summed E-state index contributed by atoms with van der Waals surface area (Å²) >= 11 is 0. The van der Waals surface area contributed by atoms with E-state index >= 15 is 0 Å². The highest BCUT2D eigenvalue weighted by molar-refractivity contribution is 5.95. The van der Waals surface area contributed by atoms with Gasteiger partial charge in [-0.1, -0.05) is 30.3 Å². The Bertz CT molecular complexity index is 1500. The normalized spacial score (nSPS) is 17.8. The summed E-state index contributed by atoms with van der Waals surface area (Å²) in [6.45, 7) is 9.43. The van der Waals surface area contributed by atoms with Crippen molar-refractivity contribution in [2.75, 3.05) is 46.3 Å². The van der Waals surface area contributed by atoms with Gasteiger partial charge in [0.2, 0.25) is 0 Å². The van der Waals surface area contributed by atoms with Crippen molar-refractivity contribution in [2.24, 2.45) is 5.73 Å². The number of likely N-dealkylation sites (N-methyl/N-ethyl adjacent to an activating group) is 1. The summed E-state index contributed by atoms with van der Waals surface area (Å²) in [7, 11) is 2.20. The van der Waals surface area contributed by atoms with E-state index in [4.69, 9.17) is 10.7 Å². The topological polar surface area (TPSA) is 90.9 Å². The lowest BCUT2D eigenvalue weighted by Gasteiger charge is -2.33. The van der Waals surface area contributed by atoms with Crippen molar-refractivity contribution in [3.05, 3.63) is 94.8 Å². The fourth-order valence-electron chi connectivity index (χ4n) is 6.22. The third-order valence-corrected chi connectivity index (χ3v) is 8.79. The summed E-state index contributed by atoms with van der Waals surface area (Å²) in [6, 6.07) is 18.6. The number of carbonyl (C=O) groups is 1. The highest BCUT2D eigenvalue weighted by atomic mass is 16.3. The van der Waals surface area contributed by atoms with Crippen LogP contribution in [0.2, 0.25) is 0 Å². The number of nitrogens with two attached hydrogens (primary N) is 1. The van der Waals surface area contributed by atoms with Gasteiger partial charge in [-0.2, -0.15) is 0 Å². The Balaban J connectivity index is 1.02. The average Bonchev–Trinajstić information content (AvgIpc) is 3.37. The van der Waals surface area contributed by atoms with Gasteiger partial charge in [0.05, 0.1) is 5.56 Å². The lowest BCUT2D eigenvalue weighted by molar-refractivity contribution is 0.0997. The van der Waals surface area contributed by atoms with Crippen molar-refractivity contribution < 1.29 is 9.90 Å². The molecule has 0 bridgehead atoms. The molecule has 0 spiro atoms. The molecule has 0 unspecified atom stereocenters. The Morgan fingerprint density at radius 2 is 1.49 bits per heavy atom. The predicted octanol–water partition coefficient (Wildman–Crippen LogP) is 4.02. The van der Waals surface area contributed by atoms with Gasteiger partial charge in [-0.3, -0.25) is 14.6 Å². The molecule has 2 aromatic carbocycles.